The fourth-order valence-electron chi connectivity index (χ4n) is 2.47. The molecule has 2 N–H and O–H groups in total. The van der Waals surface area contributed by atoms with Crippen molar-refractivity contribution in [3.8, 4) is 17.1 Å². The summed E-state index contributed by atoms with van der Waals surface area (Å²) in [6.07, 6.45) is 0. The van der Waals surface area contributed by atoms with Gasteiger partial charge in [-0.15, -0.1) is 5.10 Å². The molecule has 0 aliphatic carbocycles. The molecule has 0 fully saturated rings. The molecular formula is C19H18Cl2N4O2S. The molecule has 3 aromatic rings. The number of halogens is 2. The summed E-state index contributed by atoms with van der Waals surface area (Å²) in [5.74, 6) is 0.974. The number of aromatic amines is 1. The summed E-state index contributed by atoms with van der Waals surface area (Å²) in [7, 11) is 1.57. The minimum Gasteiger partial charge on any atom is -0.496 e. The van der Waals surface area contributed by atoms with E-state index in [2.05, 4.69) is 20.5 Å². The molecule has 2 aromatic carbocycles. The molecule has 0 aliphatic heterocycles. The zero-order chi connectivity index (χ0) is 20.3. The second kappa shape index (κ2) is 8.86. The van der Waals surface area contributed by atoms with Gasteiger partial charge in [-0.3, -0.25) is 9.89 Å². The number of methoxy groups -OCH3 is 1. The Hall–Kier alpha value is -2.22. The van der Waals surface area contributed by atoms with Crippen molar-refractivity contribution in [1.82, 2.24) is 15.2 Å². The highest BCUT2D eigenvalue weighted by atomic mass is 35.5. The van der Waals surface area contributed by atoms with Gasteiger partial charge in [-0.1, -0.05) is 41.0 Å². The Balaban J connectivity index is 1.72. The fourth-order valence-corrected chi connectivity index (χ4v) is 3.54. The molecule has 0 aliphatic rings. The molecule has 28 heavy (non-hydrogen) atoms. The van der Waals surface area contributed by atoms with Crippen molar-refractivity contribution in [2.24, 2.45) is 0 Å². The van der Waals surface area contributed by atoms with Crippen molar-refractivity contribution in [3.63, 3.8) is 0 Å². The Kier molecular flexibility index (Phi) is 6.49. The quantitative estimate of drug-likeness (QED) is 0.518. The molecule has 0 saturated heterocycles. The summed E-state index contributed by atoms with van der Waals surface area (Å²) in [5, 5.41) is 11.1. The zero-order valence-corrected chi connectivity index (χ0v) is 17.7. The Morgan fingerprint density at radius 2 is 2.07 bits per heavy atom. The van der Waals surface area contributed by atoms with Crippen LogP contribution in [-0.2, 0) is 4.79 Å². The van der Waals surface area contributed by atoms with E-state index in [1.54, 1.807) is 44.4 Å². The molecule has 1 aromatic heterocycles. The molecule has 9 heteroatoms. The van der Waals surface area contributed by atoms with Crippen molar-refractivity contribution in [3.05, 3.63) is 52.0 Å². The SMILES string of the molecule is COc1ccc(Cl)cc1-c1nc(SC(C)C(=O)Nc2cccc(Cl)c2C)n[nH]1. The highest BCUT2D eigenvalue weighted by Crippen LogP contribution is 2.32. The third-order valence-corrected chi connectivity index (χ3v) is 5.66. The van der Waals surface area contributed by atoms with E-state index in [0.29, 0.717) is 38.0 Å². The van der Waals surface area contributed by atoms with Crippen molar-refractivity contribution < 1.29 is 9.53 Å². The van der Waals surface area contributed by atoms with Crippen LogP contribution in [0.1, 0.15) is 12.5 Å². The van der Waals surface area contributed by atoms with Crippen LogP contribution in [0.2, 0.25) is 10.0 Å². The number of hydrogen-bond acceptors (Lipinski definition) is 5. The van der Waals surface area contributed by atoms with Gasteiger partial charge in [0.25, 0.3) is 0 Å². The lowest BCUT2D eigenvalue weighted by molar-refractivity contribution is -0.115. The van der Waals surface area contributed by atoms with Gasteiger partial charge in [-0.2, -0.15) is 0 Å². The maximum absolute atomic E-state index is 12.5. The largest absolute Gasteiger partial charge is 0.496 e. The van der Waals surface area contributed by atoms with Gasteiger partial charge in [0.2, 0.25) is 11.1 Å². The standard InChI is InChI=1S/C19H18Cl2N4O2S/c1-10-14(21)5-4-6-15(10)22-18(26)11(2)28-19-23-17(24-25-19)13-9-12(20)7-8-16(13)27-3/h4-9,11H,1-3H3,(H,22,26)(H,23,24,25). The molecule has 6 nitrogen and oxygen atoms in total. The number of ether oxygens (including phenoxy) is 1. The summed E-state index contributed by atoms with van der Waals surface area (Å²) in [4.78, 5) is 17.0. The molecule has 1 atom stereocenters. The number of thioether (sulfide) groups is 1. The van der Waals surface area contributed by atoms with Gasteiger partial charge in [-0.25, -0.2) is 4.98 Å². The number of carbonyl (C=O) groups is 1. The molecule has 1 unspecified atom stereocenters. The maximum atomic E-state index is 12.5. The number of nitrogens with zero attached hydrogens (tertiary/aromatic N) is 2. The van der Waals surface area contributed by atoms with Gasteiger partial charge in [0, 0.05) is 15.7 Å². The number of carbonyl (C=O) groups excluding carboxylic acids is 1. The monoisotopic (exact) mass is 436 g/mol. The topological polar surface area (TPSA) is 79.9 Å². The lowest BCUT2D eigenvalue weighted by atomic mass is 10.2. The maximum Gasteiger partial charge on any atom is 0.237 e. The van der Waals surface area contributed by atoms with Crippen molar-refractivity contribution in [2.75, 3.05) is 12.4 Å². The molecule has 3 rings (SSSR count). The van der Waals surface area contributed by atoms with Crippen LogP contribution in [0.3, 0.4) is 0 Å². The first-order valence-corrected chi connectivity index (χ1v) is 10.0. The van der Waals surface area contributed by atoms with Crippen molar-refractivity contribution >= 4 is 46.6 Å². The molecule has 1 amide bonds. The number of rotatable bonds is 6. The van der Waals surface area contributed by atoms with Gasteiger partial charge in [-0.05, 0) is 49.7 Å². The van der Waals surface area contributed by atoms with Gasteiger partial charge in [0.15, 0.2) is 5.82 Å². The Bertz CT molecular complexity index is 1010. The van der Waals surface area contributed by atoms with E-state index in [4.69, 9.17) is 27.9 Å². The molecular weight excluding hydrogens is 419 g/mol. The van der Waals surface area contributed by atoms with E-state index in [9.17, 15) is 4.79 Å². The third-order valence-electron chi connectivity index (χ3n) is 4.06. The van der Waals surface area contributed by atoms with Crippen LogP contribution in [0.15, 0.2) is 41.6 Å². The smallest absolute Gasteiger partial charge is 0.237 e. The van der Waals surface area contributed by atoms with Gasteiger partial charge < -0.3 is 10.1 Å². The molecule has 146 valence electrons. The van der Waals surface area contributed by atoms with E-state index in [0.717, 1.165) is 5.56 Å². The van der Waals surface area contributed by atoms with Gasteiger partial charge >= 0.3 is 0 Å². The van der Waals surface area contributed by atoms with Crippen molar-refractivity contribution in [1.29, 1.82) is 0 Å². The summed E-state index contributed by atoms with van der Waals surface area (Å²) < 4.78 is 5.34. The predicted molar refractivity (Wildman–Crippen MR) is 114 cm³/mol. The van der Waals surface area contributed by atoms with E-state index in [1.807, 2.05) is 13.0 Å². The highest BCUT2D eigenvalue weighted by Gasteiger charge is 2.19. The number of amides is 1. The Labute approximate surface area is 177 Å². The normalized spacial score (nSPS) is 11.9. The number of aromatic nitrogens is 3. The first-order valence-electron chi connectivity index (χ1n) is 8.38. The van der Waals surface area contributed by atoms with E-state index >= 15 is 0 Å². The summed E-state index contributed by atoms with van der Waals surface area (Å²) in [6, 6.07) is 10.6. The van der Waals surface area contributed by atoms with Crippen LogP contribution < -0.4 is 10.1 Å². The van der Waals surface area contributed by atoms with Crippen LogP contribution in [0.5, 0.6) is 5.75 Å². The summed E-state index contributed by atoms with van der Waals surface area (Å²) in [5.41, 5.74) is 2.20. The van der Waals surface area contributed by atoms with Gasteiger partial charge in [0.05, 0.1) is 17.9 Å². The number of nitrogens with one attached hydrogen (secondary N) is 2. The van der Waals surface area contributed by atoms with Crippen LogP contribution in [0, 0.1) is 6.92 Å². The van der Waals surface area contributed by atoms with E-state index < -0.39 is 5.25 Å². The van der Waals surface area contributed by atoms with E-state index in [-0.39, 0.29) is 5.91 Å². The Morgan fingerprint density at radius 3 is 2.82 bits per heavy atom. The van der Waals surface area contributed by atoms with Crippen LogP contribution in [0.4, 0.5) is 5.69 Å². The third kappa shape index (κ3) is 4.60. The molecule has 0 saturated carbocycles. The van der Waals surface area contributed by atoms with Crippen molar-refractivity contribution in [2.45, 2.75) is 24.3 Å². The molecule has 0 spiro atoms. The molecule has 1 heterocycles. The van der Waals surface area contributed by atoms with Gasteiger partial charge in [0.1, 0.15) is 5.75 Å². The number of benzene rings is 2. The lowest BCUT2D eigenvalue weighted by Gasteiger charge is -2.12. The first kappa shape index (κ1) is 20.5. The average molecular weight is 437 g/mol. The minimum atomic E-state index is -0.414. The van der Waals surface area contributed by atoms with E-state index in [1.165, 1.54) is 11.8 Å². The average Bonchev–Trinajstić information content (AvgIpc) is 3.13. The van der Waals surface area contributed by atoms with Crippen LogP contribution in [0.25, 0.3) is 11.4 Å². The second-order valence-corrected chi connectivity index (χ2v) is 8.12. The summed E-state index contributed by atoms with van der Waals surface area (Å²) >= 11 is 13.4. The predicted octanol–water partition coefficient (Wildman–Crippen LogP) is 5.21. The number of hydrogen-bond donors (Lipinski definition) is 2. The second-order valence-electron chi connectivity index (χ2n) is 5.97. The lowest BCUT2D eigenvalue weighted by Crippen LogP contribution is -2.23. The molecule has 0 bridgehead atoms. The Morgan fingerprint density at radius 1 is 1.29 bits per heavy atom. The van der Waals surface area contributed by atoms with Crippen LogP contribution >= 0.6 is 35.0 Å². The molecule has 0 radical (unpaired) electrons. The highest BCUT2D eigenvalue weighted by molar-refractivity contribution is 8.00. The zero-order valence-electron chi connectivity index (χ0n) is 15.4. The minimum absolute atomic E-state index is 0.165. The van der Waals surface area contributed by atoms with Crippen LogP contribution in [-0.4, -0.2) is 33.4 Å². The fraction of sp³-hybridized carbons (Fsp3) is 0.211. The summed E-state index contributed by atoms with van der Waals surface area (Å²) in [6.45, 7) is 3.64. The number of H-pyrrole nitrogens is 1. The first-order chi connectivity index (χ1) is 13.4. The number of anilines is 1.